The SMILES string of the molecule is Cc1nc(-c2ccccc2)sc1-c1ccnc(Nc2ccc(F)c(CN)c2)n1. The van der Waals surface area contributed by atoms with Crippen molar-refractivity contribution in [1.29, 1.82) is 0 Å². The second kappa shape index (κ2) is 7.84. The van der Waals surface area contributed by atoms with Gasteiger partial charge in [-0.2, -0.15) is 0 Å². The molecule has 4 rings (SSSR count). The highest BCUT2D eigenvalue weighted by Crippen LogP contribution is 2.34. The van der Waals surface area contributed by atoms with Crippen LogP contribution in [-0.2, 0) is 6.54 Å². The Bertz CT molecular complexity index is 1110. The van der Waals surface area contributed by atoms with E-state index in [2.05, 4.69) is 20.3 Å². The van der Waals surface area contributed by atoms with Gasteiger partial charge in [0.05, 0.1) is 16.3 Å². The first-order chi connectivity index (χ1) is 13.6. The lowest BCUT2D eigenvalue weighted by Crippen LogP contribution is -2.02. The molecule has 3 N–H and O–H groups in total. The summed E-state index contributed by atoms with van der Waals surface area (Å²) in [4.78, 5) is 14.6. The van der Waals surface area contributed by atoms with Crippen LogP contribution in [0.4, 0.5) is 16.0 Å². The van der Waals surface area contributed by atoms with E-state index in [1.807, 2.05) is 43.3 Å². The Morgan fingerprint density at radius 3 is 2.68 bits per heavy atom. The van der Waals surface area contributed by atoms with Crippen molar-refractivity contribution in [1.82, 2.24) is 15.0 Å². The lowest BCUT2D eigenvalue weighted by atomic mass is 10.2. The molecule has 0 amide bonds. The Hall–Kier alpha value is -3.16. The maximum Gasteiger partial charge on any atom is 0.227 e. The third-order valence-corrected chi connectivity index (χ3v) is 5.46. The van der Waals surface area contributed by atoms with E-state index in [4.69, 9.17) is 5.73 Å². The Morgan fingerprint density at radius 2 is 1.89 bits per heavy atom. The molecule has 28 heavy (non-hydrogen) atoms. The Kier molecular flexibility index (Phi) is 5.10. The summed E-state index contributed by atoms with van der Waals surface area (Å²) in [5, 5.41) is 4.06. The van der Waals surface area contributed by atoms with Gasteiger partial charge in [0.1, 0.15) is 10.8 Å². The van der Waals surface area contributed by atoms with Gasteiger partial charge in [-0.15, -0.1) is 11.3 Å². The van der Waals surface area contributed by atoms with Gasteiger partial charge in [0, 0.05) is 29.6 Å². The first-order valence-corrected chi connectivity index (χ1v) is 9.57. The van der Waals surface area contributed by atoms with Crippen LogP contribution in [0.3, 0.4) is 0 Å². The molecule has 0 saturated heterocycles. The molecule has 0 fully saturated rings. The predicted molar refractivity (Wildman–Crippen MR) is 111 cm³/mol. The topological polar surface area (TPSA) is 76.7 Å². The monoisotopic (exact) mass is 391 g/mol. The summed E-state index contributed by atoms with van der Waals surface area (Å²) in [5.74, 6) is 0.109. The average molecular weight is 391 g/mol. The van der Waals surface area contributed by atoms with Gasteiger partial charge in [-0.25, -0.2) is 19.3 Å². The Morgan fingerprint density at radius 1 is 1.07 bits per heavy atom. The molecule has 5 nitrogen and oxygen atoms in total. The van der Waals surface area contributed by atoms with Gasteiger partial charge in [-0.05, 0) is 31.2 Å². The lowest BCUT2D eigenvalue weighted by Gasteiger charge is -2.08. The maximum absolute atomic E-state index is 13.6. The summed E-state index contributed by atoms with van der Waals surface area (Å²) in [6, 6.07) is 16.6. The van der Waals surface area contributed by atoms with Crippen molar-refractivity contribution in [2.75, 3.05) is 5.32 Å². The molecule has 2 heterocycles. The fourth-order valence-electron chi connectivity index (χ4n) is 2.82. The average Bonchev–Trinajstić information content (AvgIpc) is 3.12. The quantitative estimate of drug-likeness (QED) is 0.505. The summed E-state index contributed by atoms with van der Waals surface area (Å²) < 4.78 is 13.6. The third-order valence-electron chi connectivity index (χ3n) is 4.23. The van der Waals surface area contributed by atoms with Crippen molar-refractivity contribution in [3.63, 3.8) is 0 Å². The van der Waals surface area contributed by atoms with Crippen LogP contribution in [0.25, 0.3) is 21.1 Å². The molecule has 0 saturated carbocycles. The van der Waals surface area contributed by atoms with E-state index >= 15 is 0 Å². The minimum atomic E-state index is -0.323. The Labute approximate surface area is 166 Å². The number of anilines is 2. The van der Waals surface area contributed by atoms with Crippen LogP contribution in [0.2, 0.25) is 0 Å². The number of nitrogens with one attached hydrogen (secondary N) is 1. The van der Waals surface area contributed by atoms with E-state index in [-0.39, 0.29) is 12.4 Å². The molecule has 0 aliphatic rings. The third kappa shape index (κ3) is 3.76. The summed E-state index contributed by atoms with van der Waals surface area (Å²) >= 11 is 1.59. The zero-order valence-electron chi connectivity index (χ0n) is 15.2. The van der Waals surface area contributed by atoms with E-state index in [1.165, 1.54) is 6.07 Å². The minimum absolute atomic E-state index is 0.130. The first kappa shape index (κ1) is 18.2. The molecule has 0 unspecified atom stereocenters. The van der Waals surface area contributed by atoms with Gasteiger partial charge < -0.3 is 11.1 Å². The number of thiazole rings is 1. The number of hydrogen-bond donors (Lipinski definition) is 2. The molecule has 7 heteroatoms. The van der Waals surface area contributed by atoms with Gasteiger partial charge in [0.2, 0.25) is 5.95 Å². The molecule has 0 aliphatic heterocycles. The van der Waals surface area contributed by atoms with E-state index in [0.29, 0.717) is 17.2 Å². The molecule has 0 spiro atoms. The van der Waals surface area contributed by atoms with Gasteiger partial charge in [0.15, 0.2) is 0 Å². The molecular formula is C21H18FN5S. The van der Waals surface area contributed by atoms with Crippen LogP contribution in [-0.4, -0.2) is 15.0 Å². The lowest BCUT2D eigenvalue weighted by molar-refractivity contribution is 0.611. The number of aryl methyl sites for hydroxylation is 1. The summed E-state index contributed by atoms with van der Waals surface area (Å²) in [6.07, 6.45) is 1.69. The van der Waals surface area contributed by atoms with Crippen molar-refractivity contribution >= 4 is 23.0 Å². The van der Waals surface area contributed by atoms with Crippen LogP contribution in [0.5, 0.6) is 0 Å². The summed E-state index contributed by atoms with van der Waals surface area (Å²) in [6.45, 7) is 2.10. The molecule has 140 valence electrons. The van der Waals surface area contributed by atoms with E-state index in [0.717, 1.165) is 26.8 Å². The highest BCUT2D eigenvalue weighted by molar-refractivity contribution is 7.18. The Balaban J connectivity index is 1.63. The minimum Gasteiger partial charge on any atom is -0.326 e. The number of nitrogens with zero attached hydrogens (tertiary/aromatic N) is 3. The van der Waals surface area contributed by atoms with Crippen molar-refractivity contribution in [2.45, 2.75) is 13.5 Å². The zero-order valence-corrected chi connectivity index (χ0v) is 16.0. The number of halogens is 1. The number of nitrogens with two attached hydrogens (primary N) is 1. The second-order valence-electron chi connectivity index (χ2n) is 6.20. The van der Waals surface area contributed by atoms with Gasteiger partial charge in [-0.3, -0.25) is 0 Å². The van der Waals surface area contributed by atoms with Crippen molar-refractivity contribution < 1.29 is 4.39 Å². The molecule has 0 atom stereocenters. The van der Waals surface area contributed by atoms with E-state index < -0.39 is 0 Å². The molecule has 0 radical (unpaired) electrons. The van der Waals surface area contributed by atoms with Gasteiger partial charge in [0.25, 0.3) is 0 Å². The second-order valence-corrected chi connectivity index (χ2v) is 7.20. The van der Waals surface area contributed by atoms with Crippen LogP contribution in [0, 0.1) is 12.7 Å². The number of rotatable bonds is 5. The first-order valence-electron chi connectivity index (χ1n) is 8.76. The van der Waals surface area contributed by atoms with E-state index in [1.54, 1.807) is 29.7 Å². The normalized spacial score (nSPS) is 10.8. The molecule has 0 bridgehead atoms. The fraction of sp³-hybridized carbons (Fsp3) is 0.0952. The van der Waals surface area contributed by atoms with Crippen LogP contribution in [0.15, 0.2) is 60.8 Å². The molecule has 4 aromatic rings. The highest BCUT2D eigenvalue weighted by Gasteiger charge is 2.13. The zero-order chi connectivity index (χ0) is 19.5. The molecule has 0 aliphatic carbocycles. The summed E-state index contributed by atoms with van der Waals surface area (Å²) in [7, 11) is 0. The van der Waals surface area contributed by atoms with Crippen molar-refractivity contribution in [3.8, 4) is 21.1 Å². The molecule has 2 aromatic carbocycles. The highest BCUT2D eigenvalue weighted by atomic mass is 32.1. The number of aromatic nitrogens is 3. The van der Waals surface area contributed by atoms with Crippen LogP contribution >= 0.6 is 11.3 Å². The number of benzene rings is 2. The van der Waals surface area contributed by atoms with E-state index in [9.17, 15) is 4.39 Å². The smallest absolute Gasteiger partial charge is 0.227 e. The molecular weight excluding hydrogens is 373 g/mol. The summed E-state index contributed by atoms with van der Waals surface area (Å²) in [5.41, 5.74) is 9.48. The standard InChI is InChI=1S/C21H18FN5S/c1-13-19(28-20(25-13)14-5-3-2-4-6-14)18-9-10-24-21(27-18)26-16-7-8-17(22)15(11-16)12-23/h2-11H,12,23H2,1H3,(H,24,26,27). The van der Waals surface area contributed by atoms with Crippen molar-refractivity contribution in [2.24, 2.45) is 5.73 Å². The van der Waals surface area contributed by atoms with Crippen LogP contribution in [0.1, 0.15) is 11.3 Å². The number of hydrogen-bond acceptors (Lipinski definition) is 6. The maximum atomic E-state index is 13.6. The largest absolute Gasteiger partial charge is 0.326 e. The fourth-order valence-corrected chi connectivity index (χ4v) is 3.86. The predicted octanol–water partition coefficient (Wildman–Crippen LogP) is 4.92. The van der Waals surface area contributed by atoms with Gasteiger partial charge >= 0.3 is 0 Å². The van der Waals surface area contributed by atoms with Crippen molar-refractivity contribution in [3.05, 3.63) is 77.9 Å². The van der Waals surface area contributed by atoms with Gasteiger partial charge in [-0.1, -0.05) is 30.3 Å². The molecule has 2 aromatic heterocycles. The van der Waals surface area contributed by atoms with Crippen LogP contribution < -0.4 is 11.1 Å².